The molecule has 1 N–H and O–H groups in total. The summed E-state index contributed by atoms with van der Waals surface area (Å²) >= 11 is 0. The number of benzene rings is 1. The molecule has 0 bridgehead atoms. The van der Waals surface area contributed by atoms with Gasteiger partial charge in [-0.1, -0.05) is 36.8 Å². The zero-order valence-corrected chi connectivity index (χ0v) is 12.5. The summed E-state index contributed by atoms with van der Waals surface area (Å²) in [4.78, 5) is 2.44. The fraction of sp³-hybridized carbons (Fsp3) is 0.625. The van der Waals surface area contributed by atoms with Crippen molar-refractivity contribution >= 4 is 0 Å². The van der Waals surface area contributed by atoms with Crippen LogP contribution in [0.2, 0.25) is 0 Å². The number of aryl methyl sites for hydroxylation is 1. The van der Waals surface area contributed by atoms with E-state index in [0.29, 0.717) is 12.1 Å². The summed E-state index contributed by atoms with van der Waals surface area (Å²) in [6.07, 6.45) is 2.37. The first-order chi connectivity index (χ1) is 8.58. The van der Waals surface area contributed by atoms with Gasteiger partial charge in [-0.2, -0.15) is 0 Å². The lowest BCUT2D eigenvalue weighted by atomic mass is 10.0. The fourth-order valence-electron chi connectivity index (χ4n) is 2.23. The van der Waals surface area contributed by atoms with Crippen molar-refractivity contribution in [3.8, 4) is 0 Å². The van der Waals surface area contributed by atoms with Gasteiger partial charge in [-0.3, -0.25) is 0 Å². The van der Waals surface area contributed by atoms with Crippen molar-refractivity contribution < 1.29 is 0 Å². The van der Waals surface area contributed by atoms with Crippen LogP contribution in [0.25, 0.3) is 0 Å². The van der Waals surface area contributed by atoms with Gasteiger partial charge in [0.15, 0.2) is 0 Å². The fourth-order valence-corrected chi connectivity index (χ4v) is 2.23. The summed E-state index contributed by atoms with van der Waals surface area (Å²) in [7, 11) is 4.27. The zero-order valence-electron chi connectivity index (χ0n) is 12.5. The molecule has 0 aliphatic heterocycles. The molecule has 1 aromatic rings. The van der Waals surface area contributed by atoms with Gasteiger partial charge in [0.05, 0.1) is 0 Å². The molecule has 0 aliphatic rings. The third-order valence-electron chi connectivity index (χ3n) is 3.91. The highest BCUT2D eigenvalue weighted by Crippen LogP contribution is 2.18. The SMILES string of the molecule is CCC(C)N(C)CCC(NC)c1cccc(C)c1. The Balaban J connectivity index is 2.57. The largest absolute Gasteiger partial charge is 0.313 e. The summed E-state index contributed by atoms with van der Waals surface area (Å²) in [5.74, 6) is 0. The predicted octanol–water partition coefficient (Wildman–Crippen LogP) is 3.38. The Bertz CT molecular complexity index is 349. The van der Waals surface area contributed by atoms with Crippen LogP contribution in [-0.4, -0.2) is 31.6 Å². The van der Waals surface area contributed by atoms with Crippen molar-refractivity contribution in [2.24, 2.45) is 0 Å². The van der Waals surface area contributed by atoms with Crippen LogP contribution in [0.4, 0.5) is 0 Å². The van der Waals surface area contributed by atoms with E-state index < -0.39 is 0 Å². The highest BCUT2D eigenvalue weighted by atomic mass is 15.1. The van der Waals surface area contributed by atoms with E-state index in [1.54, 1.807) is 0 Å². The average Bonchev–Trinajstić information content (AvgIpc) is 2.38. The normalized spacial score (nSPS) is 14.8. The average molecular weight is 248 g/mol. The first-order valence-corrected chi connectivity index (χ1v) is 7.02. The lowest BCUT2D eigenvalue weighted by Gasteiger charge is -2.26. The number of hydrogen-bond donors (Lipinski definition) is 1. The maximum Gasteiger partial charge on any atom is 0.0329 e. The van der Waals surface area contributed by atoms with Gasteiger partial charge in [0.1, 0.15) is 0 Å². The Morgan fingerprint density at radius 3 is 2.61 bits per heavy atom. The van der Waals surface area contributed by atoms with Gasteiger partial charge in [0.2, 0.25) is 0 Å². The number of nitrogens with one attached hydrogen (secondary N) is 1. The summed E-state index contributed by atoms with van der Waals surface area (Å²) in [5, 5.41) is 3.43. The van der Waals surface area contributed by atoms with Crippen LogP contribution in [0.5, 0.6) is 0 Å². The number of nitrogens with zero attached hydrogens (tertiary/aromatic N) is 1. The van der Waals surface area contributed by atoms with Gasteiger partial charge in [0, 0.05) is 12.1 Å². The second kappa shape index (κ2) is 7.55. The van der Waals surface area contributed by atoms with Crippen molar-refractivity contribution in [1.82, 2.24) is 10.2 Å². The molecule has 0 saturated heterocycles. The van der Waals surface area contributed by atoms with E-state index in [1.807, 2.05) is 0 Å². The molecular weight excluding hydrogens is 220 g/mol. The van der Waals surface area contributed by atoms with Gasteiger partial charge in [0.25, 0.3) is 0 Å². The molecule has 102 valence electrons. The molecule has 0 aromatic heterocycles. The topological polar surface area (TPSA) is 15.3 Å². The van der Waals surface area contributed by atoms with Gasteiger partial charge in [-0.25, -0.2) is 0 Å². The number of hydrogen-bond acceptors (Lipinski definition) is 2. The van der Waals surface area contributed by atoms with Crippen LogP contribution in [0.1, 0.15) is 43.9 Å². The monoisotopic (exact) mass is 248 g/mol. The van der Waals surface area contributed by atoms with Crippen LogP contribution in [0.3, 0.4) is 0 Å². The van der Waals surface area contributed by atoms with Crippen molar-refractivity contribution in [1.29, 1.82) is 0 Å². The Morgan fingerprint density at radius 1 is 1.33 bits per heavy atom. The van der Waals surface area contributed by atoms with Crippen molar-refractivity contribution in [2.75, 3.05) is 20.6 Å². The Labute approximate surface area is 112 Å². The van der Waals surface area contributed by atoms with E-state index in [-0.39, 0.29) is 0 Å². The molecule has 1 rings (SSSR count). The van der Waals surface area contributed by atoms with E-state index in [2.05, 4.69) is 69.3 Å². The molecule has 0 heterocycles. The van der Waals surface area contributed by atoms with Crippen molar-refractivity contribution in [2.45, 2.75) is 45.7 Å². The molecule has 0 aliphatic carbocycles. The summed E-state index contributed by atoms with van der Waals surface area (Å²) in [6.45, 7) is 7.83. The molecule has 2 heteroatoms. The molecule has 0 amide bonds. The molecule has 2 atom stereocenters. The maximum absolute atomic E-state index is 3.43. The van der Waals surface area contributed by atoms with Crippen molar-refractivity contribution in [3.63, 3.8) is 0 Å². The minimum Gasteiger partial charge on any atom is -0.313 e. The molecule has 0 saturated carbocycles. The van der Waals surface area contributed by atoms with E-state index in [9.17, 15) is 0 Å². The standard InChI is InChI=1S/C16H28N2/c1-6-14(3)18(5)11-10-16(17-4)15-9-7-8-13(2)12-15/h7-9,12,14,16-17H,6,10-11H2,1-5H3. The minimum atomic E-state index is 0.455. The van der Waals surface area contributed by atoms with Gasteiger partial charge >= 0.3 is 0 Å². The maximum atomic E-state index is 3.43. The number of rotatable bonds is 7. The summed E-state index contributed by atoms with van der Waals surface area (Å²) in [5.41, 5.74) is 2.73. The van der Waals surface area contributed by atoms with Crippen molar-refractivity contribution in [3.05, 3.63) is 35.4 Å². The zero-order chi connectivity index (χ0) is 13.5. The van der Waals surface area contributed by atoms with E-state index in [1.165, 1.54) is 17.5 Å². The smallest absolute Gasteiger partial charge is 0.0329 e. The predicted molar refractivity (Wildman–Crippen MR) is 80.0 cm³/mol. The third kappa shape index (κ3) is 4.43. The molecule has 2 nitrogen and oxygen atoms in total. The molecule has 0 spiro atoms. The van der Waals surface area contributed by atoms with E-state index >= 15 is 0 Å². The third-order valence-corrected chi connectivity index (χ3v) is 3.91. The Kier molecular flexibility index (Phi) is 6.37. The van der Waals surface area contributed by atoms with E-state index in [0.717, 1.165) is 13.0 Å². The molecule has 2 unspecified atom stereocenters. The highest BCUT2D eigenvalue weighted by Gasteiger charge is 2.12. The Hall–Kier alpha value is -0.860. The van der Waals surface area contributed by atoms with Crippen LogP contribution in [0.15, 0.2) is 24.3 Å². The first kappa shape index (κ1) is 15.2. The molecule has 0 radical (unpaired) electrons. The van der Waals surface area contributed by atoms with E-state index in [4.69, 9.17) is 0 Å². The molecule has 18 heavy (non-hydrogen) atoms. The van der Waals surface area contributed by atoms with Gasteiger partial charge < -0.3 is 10.2 Å². The molecule has 1 aromatic carbocycles. The van der Waals surface area contributed by atoms with Crippen LogP contribution in [0, 0.1) is 6.92 Å². The first-order valence-electron chi connectivity index (χ1n) is 7.02. The molecular formula is C16H28N2. The second-order valence-electron chi connectivity index (χ2n) is 5.28. The highest BCUT2D eigenvalue weighted by molar-refractivity contribution is 5.25. The minimum absolute atomic E-state index is 0.455. The van der Waals surface area contributed by atoms with Crippen LogP contribution >= 0.6 is 0 Å². The Morgan fingerprint density at radius 2 is 2.06 bits per heavy atom. The quantitative estimate of drug-likeness (QED) is 0.796. The van der Waals surface area contributed by atoms with Crippen LogP contribution < -0.4 is 5.32 Å². The second-order valence-corrected chi connectivity index (χ2v) is 5.28. The summed E-state index contributed by atoms with van der Waals surface area (Å²) < 4.78 is 0. The molecule has 0 fully saturated rings. The lowest BCUT2D eigenvalue weighted by Crippen LogP contribution is -2.31. The van der Waals surface area contributed by atoms with Gasteiger partial charge in [-0.05, 0) is 52.9 Å². The van der Waals surface area contributed by atoms with Crippen LogP contribution in [-0.2, 0) is 0 Å². The van der Waals surface area contributed by atoms with Gasteiger partial charge in [-0.15, -0.1) is 0 Å². The summed E-state index contributed by atoms with van der Waals surface area (Å²) in [6, 6.07) is 9.92. The lowest BCUT2D eigenvalue weighted by molar-refractivity contribution is 0.239.